The summed E-state index contributed by atoms with van der Waals surface area (Å²) in [6, 6.07) is 4.71. The average molecular weight is 333 g/mol. The van der Waals surface area contributed by atoms with Gasteiger partial charge in [-0.1, -0.05) is 6.07 Å². The maximum atomic E-state index is 12.5. The highest BCUT2D eigenvalue weighted by Gasteiger charge is 2.14. The first-order valence-electron chi connectivity index (χ1n) is 6.26. The standard InChI is InChI=1S/C13H17F2N3O3S/c1-19-7-6-16-13(22)18-17-8-9-4-3-5-10(20-2)11(9)21-12(14)15/h3-5,8,12H,6-7H2,1-2H3,(H2,16,18,22)/b17-8-. The van der Waals surface area contributed by atoms with E-state index in [-0.39, 0.29) is 16.6 Å². The van der Waals surface area contributed by atoms with Gasteiger partial charge in [0.15, 0.2) is 16.6 Å². The minimum absolute atomic E-state index is 0.0937. The van der Waals surface area contributed by atoms with E-state index in [1.807, 2.05) is 0 Å². The third kappa shape index (κ3) is 6.19. The number of hydrazone groups is 1. The lowest BCUT2D eigenvalue weighted by Crippen LogP contribution is -2.34. The molecule has 0 saturated carbocycles. The first-order chi connectivity index (χ1) is 10.6. The fourth-order valence-corrected chi connectivity index (χ4v) is 1.63. The Labute approximate surface area is 132 Å². The predicted octanol–water partition coefficient (Wildman–Crippen LogP) is 1.74. The number of ether oxygens (including phenoxy) is 3. The highest BCUT2D eigenvalue weighted by molar-refractivity contribution is 7.80. The Morgan fingerprint density at radius 3 is 2.82 bits per heavy atom. The van der Waals surface area contributed by atoms with Gasteiger partial charge in [-0.05, 0) is 24.4 Å². The zero-order valence-electron chi connectivity index (χ0n) is 12.1. The number of benzene rings is 1. The van der Waals surface area contributed by atoms with Crippen LogP contribution in [0.1, 0.15) is 5.56 Å². The second kappa shape index (κ2) is 9.85. The van der Waals surface area contributed by atoms with Gasteiger partial charge in [0.05, 0.1) is 19.9 Å². The molecule has 0 atom stereocenters. The molecule has 122 valence electrons. The van der Waals surface area contributed by atoms with Crippen LogP contribution in [-0.4, -0.2) is 45.3 Å². The van der Waals surface area contributed by atoms with Gasteiger partial charge in [-0.25, -0.2) is 0 Å². The SMILES string of the molecule is COCCNC(=S)N/N=C\c1cccc(OC)c1OC(F)F. The molecule has 0 heterocycles. The summed E-state index contributed by atoms with van der Waals surface area (Å²) in [6.07, 6.45) is 1.31. The Hall–Kier alpha value is -2.00. The van der Waals surface area contributed by atoms with Crippen molar-refractivity contribution in [3.63, 3.8) is 0 Å². The van der Waals surface area contributed by atoms with E-state index in [1.54, 1.807) is 19.2 Å². The van der Waals surface area contributed by atoms with E-state index in [9.17, 15) is 8.78 Å². The van der Waals surface area contributed by atoms with Crippen LogP contribution >= 0.6 is 12.2 Å². The van der Waals surface area contributed by atoms with Crippen LogP contribution in [0.4, 0.5) is 8.78 Å². The molecule has 0 aliphatic heterocycles. The van der Waals surface area contributed by atoms with Gasteiger partial charge < -0.3 is 19.5 Å². The van der Waals surface area contributed by atoms with Crippen LogP contribution in [0.3, 0.4) is 0 Å². The number of halogens is 2. The lowest BCUT2D eigenvalue weighted by Gasteiger charge is -2.12. The monoisotopic (exact) mass is 333 g/mol. The van der Waals surface area contributed by atoms with Crippen molar-refractivity contribution >= 4 is 23.5 Å². The smallest absolute Gasteiger partial charge is 0.387 e. The molecule has 0 aliphatic rings. The molecular formula is C13H17F2N3O3S. The molecule has 1 aromatic rings. The third-order valence-electron chi connectivity index (χ3n) is 2.40. The fourth-order valence-electron chi connectivity index (χ4n) is 1.48. The van der Waals surface area contributed by atoms with Crippen molar-refractivity contribution in [2.24, 2.45) is 5.10 Å². The van der Waals surface area contributed by atoms with E-state index in [0.29, 0.717) is 18.7 Å². The molecule has 1 rings (SSSR count). The van der Waals surface area contributed by atoms with Gasteiger partial charge in [0, 0.05) is 19.2 Å². The van der Waals surface area contributed by atoms with Crippen molar-refractivity contribution in [2.45, 2.75) is 6.61 Å². The number of nitrogens with zero attached hydrogens (tertiary/aromatic N) is 1. The lowest BCUT2D eigenvalue weighted by molar-refractivity contribution is -0.0513. The second-order valence-corrected chi connectivity index (χ2v) is 4.28. The molecule has 2 N–H and O–H groups in total. The summed E-state index contributed by atoms with van der Waals surface area (Å²) in [5.74, 6) is 0.0915. The van der Waals surface area contributed by atoms with Gasteiger partial charge in [-0.3, -0.25) is 5.43 Å². The molecular weight excluding hydrogens is 316 g/mol. The summed E-state index contributed by atoms with van der Waals surface area (Å²) < 4.78 is 39.2. The minimum Gasteiger partial charge on any atom is -0.493 e. The molecule has 6 nitrogen and oxygen atoms in total. The number of alkyl halides is 2. The van der Waals surface area contributed by atoms with Crippen LogP contribution in [0.25, 0.3) is 0 Å². The number of rotatable bonds is 8. The van der Waals surface area contributed by atoms with Gasteiger partial charge >= 0.3 is 6.61 Å². The van der Waals surface area contributed by atoms with Crippen molar-refractivity contribution in [2.75, 3.05) is 27.4 Å². The molecule has 0 fully saturated rings. The van der Waals surface area contributed by atoms with Crippen molar-refractivity contribution in [1.29, 1.82) is 0 Å². The first kappa shape index (κ1) is 18.1. The van der Waals surface area contributed by atoms with Gasteiger partial charge in [-0.15, -0.1) is 0 Å². The Morgan fingerprint density at radius 1 is 1.41 bits per heavy atom. The van der Waals surface area contributed by atoms with Crippen LogP contribution in [0.5, 0.6) is 11.5 Å². The average Bonchev–Trinajstić information content (AvgIpc) is 2.48. The predicted molar refractivity (Wildman–Crippen MR) is 82.8 cm³/mol. The summed E-state index contributed by atoms with van der Waals surface area (Å²) in [4.78, 5) is 0. The van der Waals surface area contributed by atoms with Crippen LogP contribution in [-0.2, 0) is 4.74 Å². The molecule has 22 heavy (non-hydrogen) atoms. The summed E-state index contributed by atoms with van der Waals surface area (Å²) in [6.45, 7) is -1.95. The maximum absolute atomic E-state index is 12.5. The van der Waals surface area contributed by atoms with Crippen molar-refractivity contribution in [3.05, 3.63) is 23.8 Å². The summed E-state index contributed by atoms with van der Waals surface area (Å²) in [5.41, 5.74) is 2.88. The molecule has 0 amide bonds. The number of hydrogen-bond acceptors (Lipinski definition) is 5. The quantitative estimate of drug-likeness (QED) is 0.327. The third-order valence-corrected chi connectivity index (χ3v) is 2.63. The number of para-hydroxylation sites is 1. The summed E-state index contributed by atoms with van der Waals surface area (Å²) >= 11 is 4.97. The maximum Gasteiger partial charge on any atom is 0.387 e. The first-order valence-corrected chi connectivity index (χ1v) is 6.67. The number of hydrogen-bond donors (Lipinski definition) is 2. The minimum atomic E-state index is -2.96. The zero-order valence-corrected chi connectivity index (χ0v) is 13.0. The van der Waals surface area contributed by atoms with E-state index in [1.165, 1.54) is 19.4 Å². The number of thiocarbonyl (C=S) groups is 1. The molecule has 9 heteroatoms. The van der Waals surface area contributed by atoms with Crippen LogP contribution in [0, 0.1) is 0 Å². The molecule has 0 radical (unpaired) electrons. The molecule has 0 saturated heterocycles. The van der Waals surface area contributed by atoms with Crippen molar-refractivity contribution < 1.29 is 23.0 Å². The van der Waals surface area contributed by atoms with Crippen molar-refractivity contribution in [3.8, 4) is 11.5 Å². The fraction of sp³-hybridized carbons (Fsp3) is 0.385. The molecule has 0 bridgehead atoms. The molecule has 0 aromatic heterocycles. The van der Waals surface area contributed by atoms with E-state index >= 15 is 0 Å². The van der Waals surface area contributed by atoms with E-state index in [4.69, 9.17) is 21.7 Å². The Morgan fingerprint density at radius 2 is 2.18 bits per heavy atom. The molecule has 0 aliphatic carbocycles. The normalized spacial score (nSPS) is 10.8. The Bertz CT molecular complexity index is 515. The second-order valence-electron chi connectivity index (χ2n) is 3.88. The summed E-state index contributed by atoms with van der Waals surface area (Å²) in [7, 11) is 2.94. The van der Waals surface area contributed by atoms with E-state index in [0.717, 1.165) is 0 Å². The Kier molecular flexibility index (Phi) is 8.08. The summed E-state index contributed by atoms with van der Waals surface area (Å²) in [5, 5.41) is 6.99. The van der Waals surface area contributed by atoms with Gasteiger partial charge in [-0.2, -0.15) is 13.9 Å². The number of methoxy groups -OCH3 is 2. The zero-order chi connectivity index (χ0) is 16.4. The van der Waals surface area contributed by atoms with E-state index in [2.05, 4.69) is 20.6 Å². The van der Waals surface area contributed by atoms with Gasteiger partial charge in [0.25, 0.3) is 0 Å². The van der Waals surface area contributed by atoms with Crippen LogP contribution < -0.4 is 20.2 Å². The Balaban J connectivity index is 2.71. The number of nitrogens with one attached hydrogen (secondary N) is 2. The topological polar surface area (TPSA) is 64.1 Å². The molecule has 0 spiro atoms. The van der Waals surface area contributed by atoms with Gasteiger partial charge in [0.2, 0.25) is 0 Å². The largest absolute Gasteiger partial charge is 0.493 e. The van der Waals surface area contributed by atoms with Crippen molar-refractivity contribution in [1.82, 2.24) is 10.7 Å². The van der Waals surface area contributed by atoms with Gasteiger partial charge in [0.1, 0.15) is 0 Å². The van der Waals surface area contributed by atoms with Crippen LogP contribution in [0.2, 0.25) is 0 Å². The highest BCUT2D eigenvalue weighted by atomic mass is 32.1. The molecule has 1 aromatic carbocycles. The highest BCUT2D eigenvalue weighted by Crippen LogP contribution is 2.31. The lowest BCUT2D eigenvalue weighted by atomic mass is 10.2. The van der Waals surface area contributed by atoms with Crippen LogP contribution in [0.15, 0.2) is 23.3 Å². The molecule has 0 unspecified atom stereocenters. The van der Waals surface area contributed by atoms with E-state index < -0.39 is 6.61 Å².